The van der Waals surface area contributed by atoms with E-state index in [0.717, 1.165) is 12.8 Å². The lowest BCUT2D eigenvalue weighted by molar-refractivity contribution is -0.156. The number of rotatable bonds is 8. The molecule has 0 aromatic heterocycles. The molecule has 1 saturated heterocycles. The van der Waals surface area contributed by atoms with Gasteiger partial charge >= 0.3 is 5.97 Å². The summed E-state index contributed by atoms with van der Waals surface area (Å²) < 4.78 is 10.4. The van der Waals surface area contributed by atoms with E-state index in [-0.39, 0.29) is 0 Å². The van der Waals surface area contributed by atoms with E-state index in [2.05, 4.69) is 6.92 Å². The zero-order chi connectivity index (χ0) is 13.4. The normalized spacial score (nSPS) is 22.9. The second-order valence-electron chi connectivity index (χ2n) is 4.54. The van der Waals surface area contributed by atoms with Crippen molar-refractivity contribution in [2.75, 3.05) is 39.5 Å². The Balaban J connectivity index is 2.18. The van der Waals surface area contributed by atoms with Crippen molar-refractivity contribution in [3.05, 3.63) is 0 Å². The molecule has 1 aliphatic heterocycles. The van der Waals surface area contributed by atoms with Gasteiger partial charge in [0.05, 0.1) is 19.3 Å². The Kier molecular flexibility index (Phi) is 7.19. The summed E-state index contributed by atoms with van der Waals surface area (Å²) in [5.41, 5.74) is 0. The SMILES string of the molecule is CCCCOCC(O)CN1CCOC(C(=O)O)C1. The molecule has 18 heavy (non-hydrogen) atoms. The monoisotopic (exact) mass is 261 g/mol. The van der Waals surface area contributed by atoms with Gasteiger partial charge in [0.25, 0.3) is 0 Å². The highest BCUT2D eigenvalue weighted by Crippen LogP contribution is 2.06. The smallest absolute Gasteiger partial charge is 0.334 e. The zero-order valence-electron chi connectivity index (χ0n) is 10.9. The van der Waals surface area contributed by atoms with Crippen LogP contribution in [-0.4, -0.2) is 72.7 Å². The van der Waals surface area contributed by atoms with Crippen LogP contribution in [0, 0.1) is 0 Å². The highest BCUT2D eigenvalue weighted by molar-refractivity contribution is 5.72. The van der Waals surface area contributed by atoms with Gasteiger partial charge in [-0.3, -0.25) is 4.90 Å². The predicted octanol–water partition coefficient (Wildman–Crippen LogP) is -0.0506. The number of aliphatic carboxylic acids is 1. The van der Waals surface area contributed by atoms with Crippen LogP contribution in [0.5, 0.6) is 0 Å². The van der Waals surface area contributed by atoms with Crippen LogP contribution in [0.3, 0.4) is 0 Å². The molecule has 1 aliphatic rings. The molecular weight excluding hydrogens is 238 g/mol. The number of hydrogen-bond acceptors (Lipinski definition) is 5. The summed E-state index contributed by atoms with van der Waals surface area (Å²) in [6, 6.07) is 0. The molecular formula is C12H23NO5. The van der Waals surface area contributed by atoms with Crippen LogP contribution < -0.4 is 0 Å². The van der Waals surface area contributed by atoms with Crippen LogP contribution in [0.25, 0.3) is 0 Å². The quantitative estimate of drug-likeness (QED) is 0.596. The molecule has 2 atom stereocenters. The van der Waals surface area contributed by atoms with Crippen LogP contribution >= 0.6 is 0 Å². The Hall–Kier alpha value is -0.690. The van der Waals surface area contributed by atoms with E-state index in [1.54, 1.807) is 0 Å². The molecule has 0 radical (unpaired) electrons. The molecule has 0 spiro atoms. The van der Waals surface area contributed by atoms with Gasteiger partial charge in [-0.05, 0) is 6.42 Å². The maximum atomic E-state index is 10.8. The first-order chi connectivity index (χ1) is 8.63. The Morgan fingerprint density at radius 3 is 3.06 bits per heavy atom. The minimum absolute atomic E-state index is 0.301. The summed E-state index contributed by atoms with van der Waals surface area (Å²) >= 11 is 0. The number of morpholine rings is 1. The van der Waals surface area contributed by atoms with E-state index in [1.807, 2.05) is 4.90 Å². The van der Waals surface area contributed by atoms with Crippen molar-refractivity contribution < 1.29 is 24.5 Å². The fraction of sp³-hybridized carbons (Fsp3) is 0.917. The van der Waals surface area contributed by atoms with Gasteiger partial charge in [-0.25, -0.2) is 4.79 Å². The standard InChI is InChI=1S/C12H23NO5/c1-2-3-5-17-9-10(14)7-13-4-6-18-11(8-13)12(15)16/h10-11,14H,2-9H2,1H3,(H,15,16). The van der Waals surface area contributed by atoms with Gasteiger partial charge in [0.1, 0.15) is 0 Å². The van der Waals surface area contributed by atoms with Crippen molar-refractivity contribution in [2.24, 2.45) is 0 Å². The highest BCUT2D eigenvalue weighted by atomic mass is 16.5. The van der Waals surface area contributed by atoms with Crippen molar-refractivity contribution >= 4 is 5.97 Å². The number of β-amino-alcohol motifs (C(OH)–C–C–N with tert-alkyl or cyclic N) is 1. The first-order valence-corrected chi connectivity index (χ1v) is 6.46. The molecule has 0 aliphatic carbocycles. The Morgan fingerprint density at radius 2 is 2.39 bits per heavy atom. The summed E-state index contributed by atoms with van der Waals surface area (Å²) in [4.78, 5) is 12.7. The number of carboxylic acid groups (broad SMARTS) is 1. The maximum absolute atomic E-state index is 10.8. The number of unbranched alkanes of at least 4 members (excludes halogenated alkanes) is 1. The number of ether oxygens (including phenoxy) is 2. The lowest BCUT2D eigenvalue weighted by Gasteiger charge is -2.32. The number of hydrogen-bond donors (Lipinski definition) is 2. The van der Waals surface area contributed by atoms with Gasteiger partial charge in [-0.15, -0.1) is 0 Å². The molecule has 2 N–H and O–H groups in total. The van der Waals surface area contributed by atoms with Crippen molar-refractivity contribution in [1.29, 1.82) is 0 Å². The zero-order valence-corrected chi connectivity index (χ0v) is 10.9. The molecule has 1 rings (SSSR count). The van der Waals surface area contributed by atoms with Gasteiger partial charge in [0, 0.05) is 26.2 Å². The summed E-state index contributed by atoms with van der Waals surface area (Å²) in [5.74, 6) is -0.951. The first kappa shape index (κ1) is 15.4. The first-order valence-electron chi connectivity index (χ1n) is 6.46. The van der Waals surface area contributed by atoms with E-state index in [0.29, 0.717) is 39.5 Å². The van der Waals surface area contributed by atoms with E-state index >= 15 is 0 Å². The Morgan fingerprint density at radius 1 is 1.61 bits per heavy atom. The van der Waals surface area contributed by atoms with Crippen LogP contribution in [0.2, 0.25) is 0 Å². The van der Waals surface area contributed by atoms with Gasteiger partial charge in [0.15, 0.2) is 6.10 Å². The van der Waals surface area contributed by atoms with Gasteiger partial charge in [-0.2, -0.15) is 0 Å². The Bertz CT molecular complexity index is 249. The minimum Gasteiger partial charge on any atom is -0.479 e. The number of carbonyl (C=O) groups is 1. The Labute approximate surface area is 107 Å². The summed E-state index contributed by atoms with van der Waals surface area (Å²) in [7, 11) is 0. The molecule has 0 amide bonds. The van der Waals surface area contributed by atoms with E-state index < -0.39 is 18.2 Å². The molecule has 106 valence electrons. The molecule has 6 nitrogen and oxygen atoms in total. The molecule has 1 fully saturated rings. The van der Waals surface area contributed by atoms with Crippen LogP contribution in [0.4, 0.5) is 0 Å². The highest BCUT2D eigenvalue weighted by Gasteiger charge is 2.27. The van der Waals surface area contributed by atoms with Gasteiger partial charge in [-0.1, -0.05) is 13.3 Å². The summed E-state index contributed by atoms with van der Waals surface area (Å²) in [6.45, 7) is 4.83. The van der Waals surface area contributed by atoms with E-state index in [1.165, 1.54) is 0 Å². The molecule has 6 heteroatoms. The average Bonchev–Trinajstić information content (AvgIpc) is 2.35. The lowest BCUT2D eigenvalue weighted by Crippen LogP contribution is -2.48. The third kappa shape index (κ3) is 5.77. The van der Waals surface area contributed by atoms with Crippen molar-refractivity contribution in [1.82, 2.24) is 4.90 Å². The molecule has 1 heterocycles. The molecule has 0 aromatic rings. The van der Waals surface area contributed by atoms with Gasteiger partial charge in [0.2, 0.25) is 0 Å². The van der Waals surface area contributed by atoms with Crippen molar-refractivity contribution in [3.63, 3.8) is 0 Å². The number of aliphatic hydroxyl groups excluding tert-OH is 1. The lowest BCUT2D eigenvalue weighted by atomic mass is 10.2. The number of carboxylic acids is 1. The minimum atomic E-state index is -0.951. The third-order valence-corrected chi connectivity index (χ3v) is 2.85. The molecule has 2 unspecified atom stereocenters. The number of aliphatic hydroxyl groups is 1. The fourth-order valence-electron chi connectivity index (χ4n) is 1.83. The number of nitrogens with zero attached hydrogens (tertiary/aromatic N) is 1. The maximum Gasteiger partial charge on any atom is 0.334 e. The average molecular weight is 261 g/mol. The largest absolute Gasteiger partial charge is 0.479 e. The van der Waals surface area contributed by atoms with E-state index in [4.69, 9.17) is 14.6 Å². The van der Waals surface area contributed by atoms with Crippen LogP contribution in [-0.2, 0) is 14.3 Å². The van der Waals surface area contributed by atoms with Gasteiger partial charge < -0.3 is 19.7 Å². The molecule has 0 aromatic carbocycles. The summed E-state index contributed by atoms with van der Waals surface area (Å²) in [5, 5.41) is 18.6. The molecule has 0 bridgehead atoms. The second kappa shape index (κ2) is 8.42. The topological polar surface area (TPSA) is 79.2 Å². The second-order valence-corrected chi connectivity index (χ2v) is 4.54. The third-order valence-electron chi connectivity index (χ3n) is 2.85. The molecule has 0 saturated carbocycles. The predicted molar refractivity (Wildman–Crippen MR) is 65.5 cm³/mol. The van der Waals surface area contributed by atoms with Crippen LogP contribution in [0.1, 0.15) is 19.8 Å². The van der Waals surface area contributed by atoms with E-state index in [9.17, 15) is 9.90 Å². The van der Waals surface area contributed by atoms with Crippen LogP contribution in [0.15, 0.2) is 0 Å². The van der Waals surface area contributed by atoms with Crippen molar-refractivity contribution in [3.8, 4) is 0 Å². The fourth-order valence-corrected chi connectivity index (χ4v) is 1.83. The van der Waals surface area contributed by atoms with Crippen molar-refractivity contribution in [2.45, 2.75) is 32.0 Å². The summed E-state index contributed by atoms with van der Waals surface area (Å²) in [6.07, 6.45) is 0.701.